The van der Waals surface area contributed by atoms with Gasteiger partial charge in [-0.05, 0) is 17.7 Å². The molecule has 1 N–H and O–H groups in total. The van der Waals surface area contributed by atoms with Crippen molar-refractivity contribution in [3.63, 3.8) is 0 Å². The zero-order valence-electron chi connectivity index (χ0n) is 10.4. The topological polar surface area (TPSA) is 46.5 Å². The molecule has 0 saturated carbocycles. The van der Waals surface area contributed by atoms with Crippen LogP contribution >= 0.6 is 11.6 Å². The third-order valence-corrected chi connectivity index (χ3v) is 3.61. The van der Waals surface area contributed by atoms with Gasteiger partial charge < -0.3 is 9.84 Å². The lowest BCUT2D eigenvalue weighted by atomic mass is 9.96. The van der Waals surface area contributed by atoms with Crippen LogP contribution in [-0.2, 0) is 4.79 Å². The Hall–Kier alpha value is -2.26. The number of hydrogen-bond donors (Lipinski definition) is 1. The molecule has 1 aliphatic rings. The van der Waals surface area contributed by atoms with Gasteiger partial charge in [-0.1, -0.05) is 54.1 Å². The highest BCUT2D eigenvalue weighted by Crippen LogP contribution is 2.43. The van der Waals surface area contributed by atoms with Crippen molar-refractivity contribution >= 4 is 22.6 Å². The first-order chi connectivity index (χ1) is 9.68. The van der Waals surface area contributed by atoms with Crippen molar-refractivity contribution in [1.82, 2.24) is 0 Å². The van der Waals surface area contributed by atoms with E-state index < -0.39 is 12.1 Å². The number of ether oxygens (including phenoxy) is 1. The second kappa shape index (κ2) is 5.02. The maximum atomic E-state index is 11.5. The molecule has 0 radical (unpaired) electrons. The first kappa shape index (κ1) is 12.8. The lowest BCUT2D eigenvalue weighted by Gasteiger charge is -2.27. The van der Waals surface area contributed by atoms with Crippen LogP contribution in [0.2, 0.25) is 0 Å². The molecule has 1 heterocycles. The Morgan fingerprint density at radius 3 is 2.40 bits per heavy atom. The van der Waals surface area contributed by atoms with Crippen LogP contribution < -0.4 is 4.74 Å². The van der Waals surface area contributed by atoms with E-state index in [1.165, 1.54) is 0 Å². The fourth-order valence-corrected chi connectivity index (χ4v) is 2.60. The standard InChI is InChI=1S/C16H11ClO3/c17-14-11-8-4-5-9-12(11)20-15(13(14)16(18)19)10-6-2-1-3-7-10/h1-9,15H,(H,18,19). The van der Waals surface area contributed by atoms with Gasteiger partial charge >= 0.3 is 5.97 Å². The molecule has 0 amide bonds. The van der Waals surface area contributed by atoms with Crippen molar-refractivity contribution in [1.29, 1.82) is 0 Å². The van der Waals surface area contributed by atoms with E-state index in [4.69, 9.17) is 16.3 Å². The van der Waals surface area contributed by atoms with E-state index >= 15 is 0 Å². The highest BCUT2D eigenvalue weighted by atomic mass is 35.5. The summed E-state index contributed by atoms with van der Waals surface area (Å²) in [5.74, 6) is -0.477. The summed E-state index contributed by atoms with van der Waals surface area (Å²) in [6, 6.07) is 16.4. The predicted octanol–water partition coefficient (Wildman–Crippen LogP) is 3.85. The summed E-state index contributed by atoms with van der Waals surface area (Å²) in [6.45, 7) is 0. The number of carboxylic acids is 1. The van der Waals surface area contributed by atoms with E-state index in [1.54, 1.807) is 18.2 Å². The molecule has 0 fully saturated rings. The Balaban J connectivity index is 2.18. The largest absolute Gasteiger partial charge is 0.480 e. The van der Waals surface area contributed by atoms with E-state index in [2.05, 4.69) is 0 Å². The number of fused-ring (bicyclic) bond motifs is 1. The first-order valence-corrected chi connectivity index (χ1v) is 6.50. The zero-order chi connectivity index (χ0) is 14.1. The van der Waals surface area contributed by atoms with Crippen molar-refractivity contribution in [3.05, 3.63) is 71.3 Å². The van der Waals surface area contributed by atoms with Crippen LogP contribution in [-0.4, -0.2) is 11.1 Å². The summed E-state index contributed by atoms with van der Waals surface area (Å²) in [5.41, 5.74) is 1.44. The Labute approximate surface area is 121 Å². The second-order valence-corrected chi connectivity index (χ2v) is 4.82. The van der Waals surface area contributed by atoms with Crippen LogP contribution in [0.4, 0.5) is 0 Å². The molecule has 2 aromatic rings. The molecule has 0 saturated heterocycles. The molecular weight excluding hydrogens is 276 g/mol. The summed E-state index contributed by atoms with van der Waals surface area (Å²) in [5, 5.41) is 9.67. The second-order valence-electron chi connectivity index (χ2n) is 4.44. The Morgan fingerprint density at radius 1 is 1.05 bits per heavy atom. The van der Waals surface area contributed by atoms with Crippen LogP contribution in [0.25, 0.3) is 5.03 Å². The van der Waals surface area contributed by atoms with Crippen molar-refractivity contribution in [3.8, 4) is 5.75 Å². The van der Waals surface area contributed by atoms with E-state index in [-0.39, 0.29) is 10.6 Å². The number of halogens is 1. The maximum absolute atomic E-state index is 11.5. The summed E-state index contributed by atoms with van der Waals surface area (Å²) in [4.78, 5) is 11.5. The number of carboxylic acid groups (broad SMARTS) is 1. The normalized spacial score (nSPS) is 17.4. The van der Waals surface area contributed by atoms with Gasteiger partial charge in [-0.3, -0.25) is 0 Å². The molecule has 0 spiro atoms. The lowest BCUT2D eigenvalue weighted by Crippen LogP contribution is -2.21. The van der Waals surface area contributed by atoms with Gasteiger partial charge in [-0.15, -0.1) is 0 Å². The molecule has 100 valence electrons. The molecule has 20 heavy (non-hydrogen) atoms. The van der Waals surface area contributed by atoms with Crippen LogP contribution in [0.3, 0.4) is 0 Å². The van der Waals surface area contributed by atoms with Crippen molar-refractivity contribution in [2.24, 2.45) is 0 Å². The molecule has 4 heteroatoms. The number of para-hydroxylation sites is 1. The van der Waals surface area contributed by atoms with Crippen LogP contribution in [0.5, 0.6) is 5.75 Å². The van der Waals surface area contributed by atoms with Gasteiger partial charge in [0.05, 0.1) is 5.03 Å². The van der Waals surface area contributed by atoms with E-state index in [9.17, 15) is 9.90 Å². The fraction of sp³-hybridized carbons (Fsp3) is 0.0625. The number of carbonyl (C=O) groups is 1. The number of rotatable bonds is 2. The van der Waals surface area contributed by atoms with Gasteiger partial charge in [0.25, 0.3) is 0 Å². The monoisotopic (exact) mass is 286 g/mol. The molecule has 0 aromatic heterocycles. The molecule has 1 atom stereocenters. The zero-order valence-corrected chi connectivity index (χ0v) is 11.2. The number of hydrogen-bond acceptors (Lipinski definition) is 2. The Morgan fingerprint density at radius 2 is 1.70 bits per heavy atom. The predicted molar refractivity (Wildman–Crippen MR) is 76.7 cm³/mol. The smallest absolute Gasteiger partial charge is 0.337 e. The van der Waals surface area contributed by atoms with Crippen LogP contribution in [0.15, 0.2) is 60.2 Å². The Bertz CT molecular complexity index is 692. The lowest BCUT2D eigenvalue weighted by molar-refractivity contribution is -0.133. The molecule has 0 bridgehead atoms. The van der Waals surface area contributed by atoms with Gasteiger partial charge in [0.1, 0.15) is 11.3 Å². The SMILES string of the molecule is O=C(O)C1=C(Cl)c2ccccc2OC1c1ccccc1. The fourth-order valence-electron chi connectivity index (χ4n) is 2.27. The molecular formula is C16H11ClO3. The van der Waals surface area contributed by atoms with E-state index in [1.807, 2.05) is 36.4 Å². The molecule has 1 unspecified atom stereocenters. The third-order valence-electron chi connectivity index (χ3n) is 3.20. The van der Waals surface area contributed by atoms with Crippen molar-refractivity contribution < 1.29 is 14.6 Å². The minimum absolute atomic E-state index is 0.0663. The van der Waals surface area contributed by atoms with Gasteiger partial charge in [-0.25, -0.2) is 4.79 Å². The van der Waals surface area contributed by atoms with Crippen molar-refractivity contribution in [2.75, 3.05) is 0 Å². The number of aliphatic carboxylic acids is 1. The summed E-state index contributed by atoms with van der Waals surface area (Å²) < 4.78 is 5.84. The number of benzene rings is 2. The molecule has 3 nitrogen and oxygen atoms in total. The summed E-state index contributed by atoms with van der Waals surface area (Å²) in [7, 11) is 0. The third kappa shape index (κ3) is 2.06. The van der Waals surface area contributed by atoms with Gasteiger partial charge in [0.15, 0.2) is 6.10 Å². The quantitative estimate of drug-likeness (QED) is 0.912. The maximum Gasteiger partial charge on any atom is 0.337 e. The highest BCUT2D eigenvalue weighted by Gasteiger charge is 2.33. The van der Waals surface area contributed by atoms with Crippen molar-refractivity contribution in [2.45, 2.75) is 6.10 Å². The summed E-state index contributed by atoms with van der Waals surface area (Å²) >= 11 is 6.27. The minimum atomic E-state index is -1.07. The minimum Gasteiger partial charge on any atom is -0.480 e. The average Bonchev–Trinajstić information content (AvgIpc) is 2.47. The van der Waals surface area contributed by atoms with Gasteiger partial charge in [-0.2, -0.15) is 0 Å². The first-order valence-electron chi connectivity index (χ1n) is 6.12. The van der Waals surface area contributed by atoms with E-state index in [0.29, 0.717) is 11.3 Å². The van der Waals surface area contributed by atoms with Crippen LogP contribution in [0, 0.1) is 0 Å². The van der Waals surface area contributed by atoms with Gasteiger partial charge in [0.2, 0.25) is 0 Å². The Kier molecular flexibility index (Phi) is 3.20. The average molecular weight is 287 g/mol. The molecule has 3 rings (SSSR count). The van der Waals surface area contributed by atoms with E-state index in [0.717, 1.165) is 5.56 Å². The molecule has 0 aliphatic carbocycles. The highest BCUT2D eigenvalue weighted by molar-refractivity contribution is 6.51. The van der Waals surface area contributed by atoms with Crippen LogP contribution in [0.1, 0.15) is 17.2 Å². The molecule has 2 aromatic carbocycles. The van der Waals surface area contributed by atoms with Gasteiger partial charge in [0, 0.05) is 5.56 Å². The summed E-state index contributed by atoms with van der Waals surface area (Å²) in [6.07, 6.45) is -0.698. The molecule has 1 aliphatic heterocycles.